The number of hydrogen-bond donors (Lipinski definition) is 0. The van der Waals surface area contributed by atoms with E-state index in [0.29, 0.717) is 6.61 Å². The molecule has 1 aromatic heterocycles. The zero-order chi connectivity index (χ0) is 12.3. The maximum Gasteiger partial charge on any atom is 0.177 e. The number of halogens is 1. The smallest absolute Gasteiger partial charge is 0.177 e. The highest BCUT2D eigenvalue weighted by atomic mass is 79.9. The van der Waals surface area contributed by atoms with E-state index in [1.165, 1.54) is 0 Å². The second-order valence-corrected chi connectivity index (χ2v) is 5.28. The van der Waals surface area contributed by atoms with E-state index in [2.05, 4.69) is 20.5 Å². The van der Waals surface area contributed by atoms with Crippen LogP contribution >= 0.6 is 15.9 Å². The van der Waals surface area contributed by atoms with Gasteiger partial charge in [0.2, 0.25) is 0 Å². The maximum atomic E-state index is 11.9. The fourth-order valence-corrected chi connectivity index (χ4v) is 2.04. The first kappa shape index (κ1) is 13.5. The quantitative estimate of drug-likeness (QED) is 0.616. The summed E-state index contributed by atoms with van der Waals surface area (Å²) in [5, 5.41) is 0. The normalized spacial score (nSPS) is 12.8. The molecule has 0 bridgehead atoms. The van der Waals surface area contributed by atoms with Crippen LogP contribution in [0.2, 0.25) is 0 Å². The van der Waals surface area contributed by atoms with E-state index < -0.39 is 0 Å². The lowest BCUT2D eigenvalue weighted by molar-refractivity contribution is 0.0995. The number of alkyl halides is 1. The Morgan fingerprint density at radius 2 is 2.19 bits per heavy atom. The summed E-state index contributed by atoms with van der Waals surface area (Å²) in [6.45, 7) is 7.29. The third-order valence-corrected chi connectivity index (χ3v) is 3.14. The van der Waals surface area contributed by atoms with Crippen LogP contribution in [0.5, 0.6) is 0 Å². The Balaban J connectivity index is 3.01. The summed E-state index contributed by atoms with van der Waals surface area (Å²) in [5.41, 5.74) is 2.93. The van der Waals surface area contributed by atoms with Gasteiger partial charge in [0.1, 0.15) is 0 Å². The third kappa shape index (κ3) is 2.74. The molecule has 0 aliphatic heterocycles. The summed E-state index contributed by atoms with van der Waals surface area (Å²) in [6, 6.07) is 1.95. The zero-order valence-corrected chi connectivity index (χ0v) is 11.8. The average Bonchev–Trinajstić information content (AvgIpc) is 2.51. The van der Waals surface area contributed by atoms with Crippen LogP contribution in [0, 0.1) is 13.8 Å². The standard InChI is InChI=1S/C12H18BrNO2/c1-8-7-11(12(15)9(2)13)10(3)14(8)5-6-16-4/h7,9H,5-6H2,1-4H3. The predicted molar refractivity (Wildman–Crippen MR) is 68.5 cm³/mol. The molecule has 0 amide bonds. The number of aryl methyl sites for hydroxylation is 1. The molecule has 1 unspecified atom stereocenters. The monoisotopic (exact) mass is 287 g/mol. The summed E-state index contributed by atoms with van der Waals surface area (Å²) in [5.74, 6) is 0.136. The van der Waals surface area contributed by atoms with Gasteiger partial charge in [0, 0.05) is 30.6 Å². The van der Waals surface area contributed by atoms with E-state index in [-0.39, 0.29) is 10.6 Å². The lowest BCUT2D eigenvalue weighted by Crippen LogP contribution is -2.12. The highest BCUT2D eigenvalue weighted by Crippen LogP contribution is 2.19. The highest BCUT2D eigenvalue weighted by Gasteiger charge is 2.18. The van der Waals surface area contributed by atoms with Gasteiger partial charge in [-0.25, -0.2) is 0 Å². The van der Waals surface area contributed by atoms with Gasteiger partial charge in [0.15, 0.2) is 5.78 Å². The average molecular weight is 288 g/mol. The topological polar surface area (TPSA) is 31.2 Å². The van der Waals surface area contributed by atoms with E-state index >= 15 is 0 Å². The Morgan fingerprint density at radius 1 is 1.56 bits per heavy atom. The van der Waals surface area contributed by atoms with Gasteiger partial charge in [-0.2, -0.15) is 0 Å². The molecule has 0 fully saturated rings. The number of carbonyl (C=O) groups is 1. The van der Waals surface area contributed by atoms with Crippen molar-refractivity contribution in [3.63, 3.8) is 0 Å². The molecule has 1 aromatic rings. The van der Waals surface area contributed by atoms with Crippen molar-refractivity contribution in [3.05, 3.63) is 23.0 Å². The lowest BCUT2D eigenvalue weighted by atomic mass is 10.1. The molecule has 0 aromatic carbocycles. The fraction of sp³-hybridized carbons (Fsp3) is 0.583. The van der Waals surface area contributed by atoms with E-state index in [9.17, 15) is 4.79 Å². The number of methoxy groups -OCH3 is 1. The summed E-state index contributed by atoms with van der Waals surface area (Å²) < 4.78 is 7.18. The zero-order valence-electron chi connectivity index (χ0n) is 10.2. The second kappa shape index (κ2) is 5.64. The van der Waals surface area contributed by atoms with E-state index in [1.54, 1.807) is 7.11 Å². The molecule has 0 spiro atoms. The maximum absolute atomic E-state index is 11.9. The van der Waals surface area contributed by atoms with Crippen LogP contribution in [0.1, 0.15) is 28.7 Å². The van der Waals surface area contributed by atoms with Gasteiger partial charge in [-0.1, -0.05) is 15.9 Å². The summed E-state index contributed by atoms with van der Waals surface area (Å²) in [4.78, 5) is 11.8. The molecular formula is C12H18BrNO2. The summed E-state index contributed by atoms with van der Waals surface area (Å²) in [6.07, 6.45) is 0. The summed E-state index contributed by atoms with van der Waals surface area (Å²) in [7, 11) is 1.68. The van der Waals surface area contributed by atoms with Crippen molar-refractivity contribution in [2.75, 3.05) is 13.7 Å². The van der Waals surface area contributed by atoms with Crippen molar-refractivity contribution in [1.29, 1.82) is 0 Å². The van der Waals surface area contributed by atoms with Gasteiger partial charge in [-0.05, 0) is 26.8 Å². The molecule has 1 atom stereocenters. The van der Waals surface area contributed by atoms with Crippen molar-refractivity contribution in [1.82, 2.24) is 4.57 Å². The van der Waals surface area contributed by atoms with Crippen LogP contribution in [0.25, 0.3) is 0 Å². The van der Waals surface area contributed by atoms with E-state index in [0.717, 1.165) is 23.5 Å². The fourth-order valence-electron chi connectivity index (χ4n) is 1.79. The van der Waals surface area contributed by atoms with Crippen LogP contribution in [-0.4, -0.2) is 28.9 Å². The van der Waals surface area contributed by atoms with Crippen molar-refractivity contribution in [3.8, 4) is 0 Å². The molecule has 1 rings (SSSR count). The minimum Gasteiger partial charge on any atom is -0.383 e. The lowest BCUT2D eigenvalue weighted by Gasteiger charge is -2.09. The summed E-state index contributed by atoms with van der Waals surface area (Å²) >= 11 is 3.31. The molecule has 0 radical (unpaired) electrons. The minimum absolute atomic E-state index is 0.135. The number of rotatable bonds is 5. The molecular weight excluding hydrogens is 270 g/mol. The number of Topliss-reactive ketones (excluding diaryl/α,β-unsaturated/α-hetero) is 1. The molecule has 16 heavy (non-hydrogen) atoms. The van der Waals surface area contributed by atoms with Crippen LogP contribution in [-0.2, 0) is 11.3 Å². The van der Waals surface area contributed by atoms with Crippen molar-refractivity contribution >= 4 is 21.7 Å². The SMILES string of the molecule is COCCn1c(C)cc(C(=O)C(C)Br)c1C. The number of aromatic nitrogens is 1. The first-order chi connectivity index (χ1) is 7.49. The Labute approximate surface area is 105 Å². The third-order valence-electron chi connectivity index (χ3n) is 2.72. The molecule has 90 valence electrons. The van der Waals surface area contributed by atoms with Gasteiger partial charge in [0.25, 0.3) is 0 Å². The molecule has 0 N–H and O–H groups in total. The van der Waals surface area contributed by atoms with Crippen LogP contribution in [0.15, 0.2) is 6.07 Å². The molecule has 0 saturated heterocycles. The van der Waals surface area contributed by atoms with Crippen LogP contribution < -0.4 is 0 Å². The largest absolute Gasteiger partial charge is 0.383 e. The molecule has 1 heterocycles. The number of ether oxygens (including phenoxy) is 1. The first-order valence-electron chi connectivity index (χ1n) is 5.33. The molecule has 0 aliphatic rings. The van der Waals surface area contributed by atoms with Crippen LogP contribution in [0.4, 0.5) is 0 Å². The first-order valence-corrected chi connectivity index (χ1v) is 6.24. The van der Waals surface area contributed by atoms with E-state index in [1.807, 2.05) is 26.8 Å². The Kier molecular flexibility index (Phi) is 4.74. The Morgan fingerprint density at radius 3 is 2.69 bits per heavy atom. The van der Waals surface area contributed by atoms with E-state index in [4.69, 9.17) is 4.74 Å². The van der Waals surface area contributed by atoms with Crippen molar-refractivity contribution < 1.29 is 9.53 Å². The molecule has 0 aliphatic carbocycles. The molecule has 3 nitrogen and oxygen atoms in total. The van der Waals surface area contributed by atoms with Crippen molar-refractivity contribution in [2.24, 2.45) is 0 Å². The highest BCUT2D eigenvalue weighted by molar-refractivity contribution is 9.10. The van der Waals surface area contributed by atoms with Gasteiger partial charge in [-0.3, -0.25) is 4.79 Å². The van der Waals surface area contributed by atoms with Gasteiger partial charge in [0.05, 0.1) is 11.4 Å². The minimum atomic E-state index is -0.135. The second-order valence-electron chi connectivity index (χ2n) is 3.91. The Hall–Kier alpha value is -0.610. The Bertz CT molecular complexity index is 383. The number of hydrogen-bond acceptors (Lipinski definition) is 2. The van der Waals surface area contributed by atoms with Crippen LogP contribution in [0.3, 0.4) is 0 Å². The van der Waals surface area contributed by atoms with Gasteiger partial charge < -0.3 is 9.30 Å². The molecule has 4 heteroatoms. The van der Waals surface area contributed by atoms with Gasteiger partial charge >= 0.3 is 0 Å². The number of ketones is 1. The predicted octanol–water partition coefficient (Wildman–Crippen LogP) is 2.72. The van der Waals surface area contributed by atoms with Gasteiger partial charge in [-0.15, -0.1) is 0 Å². The number of carbonyl (C=O) groups excluding carboxylic acids is 1. The number of nitrogens with zero attached hydrogens (tertiary/aromatic N) is 1. The molecule has 0 saturated carbocycles. The van der Waals surface area contributed by atoms with Crippen molar-refractivity contribution in [2.45, 2.75) is 32.1 Å².